The van der Waals surface area contributed by atoms with Crippen molar-refractivity contribution in [3.63, 3.8) is 0 Å². The second kappa shape index (κ2) is 6.84. The molecular formula is C18H21N3OS. The zero-order valence-electron chi connectivity index (χ0n) is 12.9. The molecule has 2 unspecified atom stereocenters. The summed E-state index contributed by atoms with van der Waals surface area (Å²) in [5.74, 6) is 1.50. The second-order valence-corrected chi connectivity index (χ2v) is 7.02. The molecule has 2 atom stereocenters. The zero-order valence-corrected chi connectivity index (χ0v) is 13.7. The van der Waals surface area contributed by atoms with E-state index in [1.165, 1.54) is 10.3 Å². The molecule has 0 bridgehead atoms. The Morgan fingerprint density at radius 2 is 2.17 bits per heavy atom. The molecule has 1 aliphatic heterocycles. The first-order valence-electron chi connectivity index (χ1n) is 8.10. The Bertz CT molecular complexity index is 720. The molecule has 1 fully saturated rings. The lowest BCUT2D eigenvalue weighted by molar-refractivity contribution is 0.379. The zero-order chi connectivity index (χ0) is 15.5. The van der Waals surface area contributed by atoms with Crippen LogP contribution >= 0.6 is 11.3 Å². The summed E-state index contributed by atoms with van der Waals surface area (Å²) in [7, 11) is 0. The van der Waals surface area contributed by atoms with E-state index in [1.54, 1.807) is 0 Å². The van der Waals surface area contributed by atoms with Gasteiger partial charge in [0.25, 0.3) is 0 Å². The van der Waals surface area contributed by atoms with E-state index in [0.29, 0.717) is 5.92 Å². The first-order chi connectivity index (χ1) is 11.4. The molecule has 3 heterocycles. The molecule has 120 valence electrons. The van der Waals surface area contributed by atoms with Crippen LogP contribution in [0.15, 0.2) is 52.3 Å². The maximum Gasteiger partial charge on any atom is 0.134 e. The minimum absolute atomic E-state index is 0.219. The van der Waals surface area contributed by atoms with Crippen molar-refractivity contribution in [1.29, 1.82) is 0 Å². The highest BCUT2D eigenvalue weighted by molar-refractivity contribution is 7.09. The van der Waals surface area contributed by atoms with Gasteiger partial charge in [-0.05, 0) is 36.5 Å². The summed E-state index contributed by atoms with van der Waals surface area (Å²) < 4.78 is 6.02. The van der Waals surface area contributed by atoms with E-state index >= 15 is 0 Å². The largest absolute Gasteiger partial charge is 0.459 e. The van der Waals surface area contributed by atoms with Gasteiger partial charge < -0.3 is 9.73 Å². The van der Waals surface area contributed by atoms with Crippen molar-refractivity contribution in [2.24, 2.45) is 5.92 Å². The summed E-state index contributed by atoms with van der Waals surface area (Å²) in [5.41, 5.74) is 7.59. The lowest BCUT2D eigenvalue weighted by Gasteiger charge is -2.16. The van der Waals surface area contributed by atoms with E-state index in [-0.39, 0.29) is 6.04 Å². The molecule has 1 aromatic carbocycles. The van der Waals surface area contributed by atoms with Crippen LogP contribution in [0.4, 0.5) is 0 Å². The quantitative estimate of drug-likeness (QED) is 0.609. The third kappa shape index (κ3) is 3.33. The average molecular weight is 327 g/mol. The van der Waals surface area contributed by atoms with Crippen molar-refractivity contribution in [3.8, 4) is 0 Å². The van der Waals surface area contributed by atoms with Crippen LogP contribution in [-0.2, 0) is 6.42 Å². The number of thiophene rings is 1. The summed E-state index contributed by atoms with van der Waals surface area (Å²) in [5, 5.41) is 6.89. The molecule has 1 aliphatic rings. The number of furan rings is 1. The molecule has 0 spiro atoms. The fourth-order valence-electron chi connectivity index (χ4n) is 3.14. The predicted molar refractivity (Wildman–Crippen MR) is 94.5 cm³/mol. The number of hydrazine groups is 1. The Labute approximate surface area is 139 Å². The fourth-order valence-corrected chi connectivity index (χ4v) is 3.85. The molecule has 3 N–H and O–H groups in total. The van der Waals surface area contributed by atoms with E-state index in [1.807, 2.05) is 29.5 Å². The van der Waals surface area contributed by atoms with Gasteiger partial charge in [0.05, 0.1) is 6.04 Å². The summed E-state index contributed by atoms with van der Waals surface area (Å²) in [6.07, 6.45) is 1.10. The van der Waals surface area contributed by atoms with Gasteiger partial charge in [-0.15, -0.1) is 11.3 Å². The molecule has 23 heavy (non-hydrogen) atoms. The number of nitrogens with one attached hydrogen (secondary N) is 3. The van der Waals surface area contributed by atoms with E-state index in [0.717, 1.165) is 37.4 Å². The van der Waals surface area contributed by atoms with Gasteiger partial charge in [-0.2, -0.15) is 0 Å². The van der Waals surface area contributed by atoms with E-state index in [4.69, 9.17) is 4.42 Å². The van der Waals surface area contributed by atoms with E-state index in [2.05, 4.69) is 45.8 Å². The molecule has 2 aromatic heterocycles. The van der Waals surface area contributed by atoms with Crippen LogP contribution < -0.4 is 16.2 Å². The van der Waals surface area contributed by atoms with Crippen molar-refractivity contribution in [2.75, 3.05) is 19.6 Å². The summed E-state index contributed by atoms with van der Waals surface area (Å²) in [6, 6.07) is 14.9. The molecule has 0 radical (unpaired) electrons. The number of hydrogen-bond donors (Lipinski definition) is 3. The van der Waals surface area contributed by atoms with Gasteiger partial charge in [-0.3, -0.25) is 5.43 Å². The lowest BCUT2D eigenvalue weighted by atomic mass is 9.99. The fraction of sp³-hybridized carbons (Fsp3) is 0.333. The molecule has 0 saturated carbocycles. The molecule has 0 aliphatic carbocycles. The average Bonchev–Trinajstić information content (AvgIpc) is 3.30. The molecule has 0 amide bonds. The third-order valence-corrected chi connectivity index (χ3v) is 5.32. The van der Waals surface area contributed by atoms with Gasteiger partial charge in [0.15, 0.2) is 0 Å². The Morgan fingerprint density at radius 1 is 1.22 bits per heavy atom. The smallest absolute Gasteiger partial charge is 0.134 e. The molecule has 5 heteroatoms. The highest BCUT2D eigenvalue weighted by Crippen LogP contribution is 2.29. The number of para-hydroxylation sites is 1. The number of fused-ring (bicyclic) bond motifs is 1. The van der Waals surface area contributed by atoms with Crippen LogP contribution in [0.3, 0.4) is 0 Å². The number of benzene rings is 1. The van der Waals surface area contributed by atoms with Crippen molar-refractivity contribution in [1.82, 2.24) is 16.2 Å². The maximum absolute atomic E-state index is 6.02. The van der Waals surface area contributed by atoms with Crippen molar-refractivity contribution in [3.05, 3.63) is 58.5 Å². The van der Waals surface area contributed by atoms with Crippen LogP contribution in [0.2, 0.25) is 0 Å². The SMILES string of the molecule is c1csc(CCNCC2CNNC2c2cc3ccccc3o2)c1. The second-order valence-electron chi connectivity index (χ2n) is 5.98. The Balaban J connectivity index is 1.36. The van der Waals surface area contributed by atoms with Gasteiger partial charge in [0.2, 0.25) is 0 Å². The molecule has 1 saturated heterocycles. The van der Waals surface area contributed by atoms with Crippen molar-refractivity contribution in [2.45, 2.75) is 12.5 Å². The first-order valence-corrected chi connectivity index (χ1v) is 8.98. The Kier molecular flexibility index (Phi) is 4.43. The Hall–Kier alpha value is -1.66. The van der Waals surface area contributed by atoms with Crippen LogP contribution in [-0.4, -0.2) is 19.6 Å². The standard InChI is InChI=1S/C18H21N3OS/c1-2-6-16-13(4-1)10-17(22-16)18-14(12-20-21-18)11-19-8-7-15-5-3-9-23-15/h1-6,9-10,14,18-21H,7-8,11-12H2. The van der Waals surface area contributed by atoms with E-state index < -0.39 is 0 Å². The first kappa shape index (κ1) is 14.9. The van der Waals surface area contributed by atoms with Gasteiger partial charge in [0.1, 0.15) is 11.3 Å². The van der Waals surface area contributed by atoms with Crippen LogP contribution in [0, 0.1) is 5.92 Å². The normalized spacial score (nSPS) is 21.2. The lowest BCUT2D eigenvalue weighted by Crippen LogP contribution is -2.29. The third-order valence-electron chi connectivity index (χ3n) is 4.38. The van der Waals surface area contributed by atoms with Crippen molar-refractivity contribution >= 4 is 22.3 Å². The van der Waals surface area contributed by atoms with Gasteiger partial charge >= 0.3 is 0 Å². The van der Waals surface area contributed by atoms with Crippen LogP contribution in [0.1, 0.15) is 16.7 Å². The maximum atomic E-state index is 6.02. The van der Waals surface area contributed by atoms with Crippen LogP contribution in [0.25, 0.3) is 11.0 Å². The number of hydrogen-bond acceptors (Lipinski definition) is 5. The van der Waals surface area contributed by atoms with E-state index in [9.17, 15) is 0 Å². The molecule has 3 aromatic rings. The monoisotopic (exact) mass is 327 g/mol. The van der Waals surface area contributed by atoms with Crippen molar-refractivity contribution < 1.29 is 4.42 Å². The highest BCUT2D eigenvalue weighted by atomic mass is 32.1. The molecular weight excluding hydrogens is 306 g/mol. The summed E-state index contributed by atoms with van der Waals surface area (Å²) in [6.45, 7) is 2.95. The summed E-state index contributed by atoms with van der Waals surface area (Å²) in [4.78, 5) is 1.44. The molecule has 4 rings (SSSR count). The van der Waals surface area contributed by atoms with Gasteiger partial charge in [-0.1, -0.05) is 24.3 Å². The molecule has 4 nitrogen and oxygen atoms in total. The predicted octanol–water partition coefficient (Wildman–Crippen LogP) is 3.09. The minimum Gasteiger partial charge on any atom is -0.459 e. The van der Waals surface area contributed by atoms with Crippen LogP contribution in [0.5, 0.6) is 0 Å². The topological polar surface area (TPSA) is 49.2 Å². The Morgan fingerprint density at radius 3 is 3.04 bits per heavy atom. The van der Waals surface area contributed by atoms with Gasteiger partial charge in [0, 0.05) is 29.3 Å². The van der Waals surface area contributed by atoms with Gasteiger partial charge in [-0.25, -0.2) is 5.43 Å². The minimum atomic E-state index is 0.219. The summed E-state index contributed by atoms with van der Waals surface area (Å²) >= 11 is 1.83. The highest BCUT2D eigenvalue weighted by Gasteiger charge is 2.30. The number of rotatable bonds is 6.